The molecule has 0 atom stereocenters. The Morgan fingerprint density at radius 3 is 2.26 bits per heavy atom. The Hall–Kier alpha value is -3.74. The highest BCUT2D eigenvalue weighted by Gasteiger charge is 2.17. The molecule has 12 heteroatoms. The van der Waals surface area contributed by atoms with Crippen LogP contribution in [0.5, 0.6) is 0 Å². The van der Waals surface area contributed by atoms with E-state index in [4.69, 9.17) is 19.7 Å². The molecule has 39 heavy (non-hydrogen) atoms. The molecule has 0 unspecified atom stereocenters. The number of carbonyl (C=O) groups is 2. The molecule has 2 aromatic carbocycles. The van der Waals surface area contributed by atoms with E-state index < -0.39 is 5.91 Å². The first kappa shape index (κ1) is 26.9. The predicted octanol–water partition coefficient (Wildman–Crippen LogP) is 6.20. The van der Waals surface area contributed by atoms with Gasteiger partial charge in [0.2, 0.25) is 0 Å². The number of amides is 1. The number of benzene rings is 2. The molecule has 3 heterocycles. The monoisotopic (exact) mass is 577 g/mol. The van der Waals surface area contributed by atoms with Crippen molar-refractivity contribution in [1.29, 1.82) is 10.8 Å². The summed E-state index contributed by atoms with van der Waals surface area (Å²) in [6.45, 7) is 0. The minimum Gasteiger partial charge on any atom is -0.464 e. The summed E-state index contributed by atoms with van der Waals surface area (Å²) in [6.07, 6.45) is 4.26. The van der Waals surface area contributed by atoms with Gasteiger partial charge in [-0.05, 0) is 35.4 Å². The summed E-state index contributed by atoms with van der Waals surface area (Å²) in [5, 5.41) is 30.3. The zero-order chi connectivity index (χ0) is 27.2. The summed E-state index contributed by atoms with van der Waals surface area (Å²) in [5.74, 6) is 1.02. The largest absolute Gasteiger partial charge is 0.464 e. The van der Waals surface area contributed by atoms with Crippen molar-refractivity contribution in [3.8, 4) is 0 Å². The first-order valence-corrected chi connectivity index (χ1v) is 14.8. The van der Waals surface area contributed by atoms with Crippen LogP contribution >= 0.6 is 34.9 Å². The first-order chi connectivity index (χ1) is 19.0. The van der Waals surface area contributed by atoms with Gasteiger partial charge in [0, 0.05) is 23.6 Å². The quantitative estimate of drug-likeness (QED) is 0.0770. The lowest BCUT2D eigenvalue weighted by molar-refractivity contribution is 0.0974. The Labute approximate surface area is 235 Å². The zero-order valence-electron chi connectivity index (χ0n) is 20.6. The molecule has 5 rings (SSSR count). The minimum absolute atomic E-state index is 0.0482. The molecule has 3 aromatic heterocycles. The van der Waals surface area contributed by atoms with E-state index in [-0.39, 0.29) is 17.4 Å². The number of thioether (sulfide) groups is 2. The van der Waals surface area contributed by atoms with Gasteiger partial charge in [-0.1, -0.05) is 36.4 Å². The number of carbonyl (C=O) groups excluding carboxylic acids is 2. The summed E-state index contributed by atoms with van der Waals surface area (Å²) in [7, 11) is 0. The number of para-hydroxylation sites is 2. The van der Waals surface area contributed by atoms with Crippen molar-refractivity contribution < 1.29 is 18.4 Å². The van der Waals surface area contributed by atoms with E-state index in [0.29, 0.717) is 49.9 Å². The van der Waals surface area contributed by atoms with E-state index >= 15 is 0 Å². The van der Waals surface area contributed by atoms with Crippen molar-refractivity contribution in [3.63, 3.8) is 0 Å². The Morgan fingerprint density at radius 1 is 0.872 bits per heavy atom. The molecule has 5 aromatic rings. The average Bonchev–Trinajstić information content (AvgIpc) is 3.66. The number of nitrogens with one attached hydrogen (secondary N) is 3. The van der Waals surface area contributed by atoms with Crippen molar-refractivity contribution in [2.45, 2.75) is 19.3 Å². The maximum absolute atomic E-state index is 12.7. The van der Waals surface area contributed by atoms with Crippen LogP contribution in [0.15, 0.2) is 69.9 Å². The SMILES string of the molecule is N=C(CCSCCc1nnc(CC(=O)c2coc3ccccc23)s1)SC(=N)NC(=O)c1coc2ccccc12. The number of hydrogen-bond donors (Lipinski definition) is 3. The van der Waals surface area contributed by atoms with E-state index in [1.165, 1.54) is 23.9 Å². The molecule has 0 bridgehead atoms. The summed E-state index contributed by atoms with van der Waals surface area (Å²) >= 11 is 4.03. The van der Waals surface area contributed by atoms with Crippen molar-refractivity contribution in [1.82, 2.24) is 15.5 Å². The standard InChI is InChI=1S/C27H23N5O4S3/c28-23(38-27(29)30-26(34)19-15-36-22-8-4-2-6-17(19)22)9-11-37-12-10-24-31-32-25(39-24)13-20(33)18-14-35-21-7-3-1-5-16(18)21/h1-8,14-15,28H,9-13H2,(H2,29,30,34). The number of fused-ring (bicyclic) bond motifs is 2. The van der Waals surface area contributed by atoms with Gasteiger partial charge in [-0.25, -0.2) is 0 Å². The topological polar surface area (TPSA) is 146 Å². The third-order valence-electron chi connectivity index (χ3n) is 5.71. The van der Waals surface area contributed by atoms with Gasteiger partial charge in [0.05, 0.1) is 22.6 Å². The van der Waals surface area contributed by atoms with Crippen LogP contribution in [0.4, 0.5) is 0 Å². The van der Waals surface area contributed by atoms with Crippen molar-refractivity contribution >= 4 is 78.7 Å². The molecule has 0 saturated heterocycles. The van der Waals surface area contributed by atoms with Crippen LogP contribution in [0.25, 0.3) is 21.9 Å². The maximum Gasteiger partial charge on any atom is 0.261 e. The third-order valence-corrected chi connectivity index (χ3v) is 8.44. The third kappa shape index (κ3) is 6.64. The molecule has 1 amide bonds. The number of aromatic nitrogens is 2. The Balaban J connectivity index is 0.998. The van der Waals surface area contributed by atoms with Gasteiger partial charge in [-0.15, -0.1) is 21.5 Å². The molecular weight excluding hydrogens is 555 g/mol. The van der Waals surface area contributed by atoms with Gasteiger partial charge < -0.3 is 14.2 Å². The normalized spacial score (nSPS) is 11.2. The molecule has 0 saturated carbocycles. The fourth-order valence-electron chi connectivity index (χ4n) is 3.84. The van der Waals surface area contributed by atoms with E-state index in [1.807, 2.05) is 36.4 Å². The minimum atomic E-state index is -0.434. The van der Waals surface area contributed by atoms with Crippen LogP contribution < -0.4 is 5.32 Å². The highest BCUT2D eigenvalue weighted by Crippen LogP contribution is 2.24. The van der Waals surface area contributed by atoms with Gasteiger partial charge in [-0.3, -0.25) is 20.4 Å². The van der Waals surface area contributed by atoms with Gasteiger partial charge in [0.25, 0.3) is 5.91 Å². The fourth-order valence-corrected chi connectivity index (χ4v) is 6.42. The number of ketones is 1. The molecule has 0 radical (unpaired) electrons. The molecule has 0 aliphatic rings. The van der Waals surface area contributed by atoms with E-state index in [2.05, 4.69) is 15.5 Å². The molecular formula is C27H23N5O4S3. The predicted molar refractivity (Wildman–Crippen MR) is 157 cm³/mol. The maximum atomic E-state index is 12.7. The second-order valence-corrected chi connectivity index (χ2v) is 11.9. The fraction of sp³-hybridized carbons (Fsp3) is 0.185. The molecule has 0 fully saturated rings. The van der Waals surface area contributed by atoms with Crippen LogP contribution in [-0.4, -0.2) is 43.6 Å². The van der Waals surface area contributed by atoms with Crippen LogP contribution in [0.2, 0.25) is 0 Å². The van der Waals surface area contributed by atoms with Crippen molar-refractivity contribution in [3.05, 3.63) is 82.2 Å². The summed E-state index contributed by atoms with van der Waals surface area (Å²) in [4.78, 5) is 25.2. The Kier molecular flexibility index (Phi) is 8.54. The second-order valence-electron chi connectivity index (χ2n) is 8.40. The number of hydrogen-bond acceptors (Lipinski definition) is 11. The number of Topliss-reactive ketones (excluding diaryl/α,β-unsaturated/α-hetero) is 1. The van der Waals surface area contributed by atoms with Crippen molar-refractivity contribution in [2.24, 2.45) is 0 Å². The Bertz CT molecular complexity index is 1670. The van der Waals surface area contributed by atoms with Crippen LogP contribution in [0, 0.1) is 10.8 Å². The highest BCUT2D eigenvalue weighted by atomic mass is 32.2. The zero-order valence-corrected chi connectivity index (χ0v) is 23.0. The average molecular weight is 578 g/mol. The van der Waals surface area contributed by atoms with E-state index in [9.17, 15) is 9.59 Å². The lowest BCUT2D eigenvalue weighted by atomic mass is 10.1. The smallest absolute Gasteiger partial charge is 0.261 e. The molecule has 0 spiro atoms. The molecule has 0 aliphatic heterocycles. The van der Waals surface area contributed by atoms with Crippen molar-refractivity contribution in [2.75, 3.05) is 11.5 Å². The van der Waals surface area contributed by atoms with E-state index in [0.717, 1.165) is 34.3 Å². The summed E-state index contributed by atoms with van der Waals surface area (Å²) in [6, 6.07) is 14.6. The number of nitrogens with zero attached hydrogens (tertiary/aromatic N) is 2. The first-order valence-electron chi connectivity index (χ1n) is 12.0. The summed E-state index contributed by atoms with van der Waals surface area (Å²) < 4.78 is 10.8. The number of aryl methyl sites for hydroxylation is 1. The molecule has 9 nitrogen and oxygen atoms in total. The molecule has 198 valence electrons. The second kappa shape index (κ2) is 12.4. The lowest BCUT2D eigenvalue weighted by Crippen LogP contribution is -2.28. The Morgan fingerprint density at radius 2 is 1.51 bits per heavy atom. The van der Waals surface area contributed by atoms with Crippen LogP contribution in [0.3, 0.4) is 0 Å². The van der Waals surface area contributed by atoms with Gasteiger partial charge >= 0.3 is 0 Å². The van der Waals surface area contributed by atoms with Gasteiger partial charge in [0.15, 0.2) is 11.0 Å². The highest BCUT2D eigenvalue weighted by molar-refractivity contribution is 8.26. The molecule has 3 N–H and O–H groups in total. The van der Waals surface area contributed by atoms with Gasteiger partial charge in [0.1, 0.15) is 33.7 Å². The van der Waals surface area contributed by atoms with Crippen LogP contribution in [0.1, 0.15) is 37.2 Å². The van der Waals surface area contributed by atoms with Crippen LogP contribution in [-0.2, 0) is 12.8 Å². The number of furan rings is 2. The van der Waals surface area contributed by atoms with E-state index in [1.54, 1.807) is 23.9 Å². The number of amidine groups is 1. The number of rotatable bonds is 10. The lowest BCUT2D eigenvalue weighted by Gasteiger charge is -2.06. The van der Waals surface area contributed by atoms with Gasteiger partial charge in [-0.2, -0.15) is 11.8 Å². The molecule has 0 aliphatic carbocycles. The summed E-state index contributed by atoms with van der Waals surface area (Å²) in [5.41, 5.74) is 2.21.